The number of carboxylic acids is 1. The number of aliphatic carboxylic acids is 1. The molecule has 3 heteroatoms. The molecule has 0 saturated carbocycles. The molecule has 0 spiro atoms. The predicted molar refractivity (Wildman–Crippen MR) is 143 cm³/mol. The first-order chi connectivity index (χ1) is 16.2. The molecule has 33 heavy (non-hydrogen) atoms. The van der Waals surface area contributed by atoms with E-state index in [2.05, 4.69) is 6.92 Å². The smallest absolute Gasteiger partial charge is 0.303 e. The van der Waals surface area contributed by atoms with Crippen LogP contribution >= 0.6 is 0 Å². The zero-order valence-electron chi connectivity index (χ0n) is 22.4. The predicted octanol–water partition coefficient (Wildman–Crippen LogP) is 10.2. The Kier molecular flexibility index (Phi) is 26.7. The molecule has 0 aromatic rings. The van der Waals surface area contributed by atoms with Gasteiger partial charge in [-0.05, 0) is 19.3 Å². The molecule has 196 valence electrons. The Morgan fingerprint density at radius 2 is 0.636 bits per heavy atom. The van der Waals surface area contributed by atoms with Crippen molar-refractivity contribution in [2.24, 2.45) is 0 Å². The average molecular weight is 467 g/mol. The molecule has 0 saturated heterocycles. The molecule has 0 aliphatic heterocycles. The maximum atomic E-state index is 12.0. The van der Waals surface area contributed by atoms with Crippen LogP contribution in [0.1, 0.15) is 180 Å². The molecule has 0 heterocycles. The van der Waals surface area contributed by atoms with Crippen LogP contribution in [0.5, 0.6) is 0 Å². The van der Waals surface area contributed by atoms with Gasteiger partial charge >= 0.3 is 5.97 Å². The van der Waals surface area contributed by atoms with E-state index in [1.54, 1.807) is 0 Å². The summed E-state index contributed by atoms with van der Waals surface area (Å²) in [4.78, 5) is 22.4. The van der Waals surface area contributed by atoms with Crippen LogP contribution in [0.2, 0.25) is 0 Å². The zero-order chi connectivity index (χ0) is 24.2. The van der Waals surface area contributed by atoms with Crippen LogP contribution in [0, 0.1) is 0 Å². The lowest BCUT2D eigenvalue weighted by Gasteiger charge is -2.04. The second-order valence-corrected chi connectivity index (χ2v) is 10.3. The van der Waals surface area contributed by atoms with Gasteiger partial charge in [0, 0.05) is 19.3 Å². The monoisotopic (exact) mass is 466 g/mol. The molecule has 0 rings (SSSR count). The van der Waals surface area contributed by atoms with Crippen molar-refractivity contribution in [2.75, 3.05) is 0 Å². The second-order valence-electron chi connectivity index (χ2n) is 10.3. The molecule has 0 bridgehead atoms. The largest absolute Gasteiger partial charge is 0.481 e. The van der Waals surface area contributed by atoms with Crippen molar-refractivity contribution in [3.05, 3.63) is 0 Å². The van der Waals surface area contributed by atoms with Gasteiger partial charge in [-0.2, -0.15) is 0 Å². The summed E-state index contributed by atoms with van der Waals surface area (Å²) < 4.78 is 0. The Bertz CT molecular complexity index is 419. The van der Waals surface area contributed by atoms with Crippen molar-refractivity contribution in [1.29, 1.82) is 0 Å². The number of hydrogen-bond donors (Lipinski definition) is 1. The molecule has 0 aliphatic rings. The van der Waals surface area contributed by atoms with Gasteiger partial charge in [-0.15, -0.1) is 0 Å². The first-order valence-electron chi connectivity index (χ1n) is 14.9. The summed E-state index contributed by atoms with van der Waals surface area (Å²) in [6, 6.07) is 0. The molecule has 1 N–H and O–H groups in total. The van der Waals surface area contributed by atoms with Gasteiger partial charge in [0.25, 0.3) is 0 Å². The average Bonchev–Trinajstić information content (AvgIpc) is 2.79. The van der Waals surface area contributed by atoms with Gasteiger partial charge in [-0.1, -0.05) is 142 Å². The van der Waals surface area contributed by atoms with Crippen molar-refractivity contribution < 1.29 is 14.7 Å². The van der Waals surface area contributed by atoms with Crippen molar-refractivity contribution >= 4 is 11.8 Å². The van der Waals surface area contributed by atoms with E-state index in [1.165, 1.54) is 109 Å². The van der Waals surface area contributed by atoms with Gasteiger partial charge in [0.15, 0.2) is 0 Å². The van der Waals surface area contributed by atoms with Gasteiger partial charge in [-0.3, -0.25) is 9.59 Å². The summed E-state index contributed by atoms with van der Waals surface area (Å²) in [6.07, 6.45) is 32.8. The van der Waals surface area contributed by atoms with Crippen LogP contribution < -0.4 is 0 Å². The Labute approximate surface area is 206 Å². The van der Waals surface area contributed by atoms with Crippen molar-refractivity contribution in [3.63, 3.8) is 0 Å². The third kappa shape index (κ3) is 29.1. The highest BCUT2D eigenvalue weighted by atomic mass is 16.4. The summed E-state index contributed by atoms with van der Waals surface area (Å²) in [7, 11) is 0. The topological polar surface area (TPSA) is 54.4 Å². The van der Waals surface area contributed by atoms with Gasteiger partial charge < -0.3 is 5.11 Å². The van der Waals surface area contributed by atoms with Crippen molar-refractivity contribution in [3.8, 4) is 0 Å². The lowest BCUT2D eigenvalue weighted by Crippen LogP contribution is -1.97. The number of ketones is 1. The highest BCUT2D eigenvalue weighted by Gasteiger charge is 2.02. The number of hydrogen-bond acceptors (Lipinski definition) is 2. The first kappa shape index (κ1) is 32.1. The molecule has 0 unspecified atom stereocenters. The maximum Gasteiger partial charge on any atom is 0.303 e. The van der Waals surface area contributed by atoms with Crippen molar-refractivity contribution in [1.82, 2.24) is 0 Å². The molecule has 0 amide bonds. The fraction of sp³-hybridized carbons (Fsp3) is 0.933. The van der Waals surface area contributed by atoms with Crippen LogP contribution in [0.4, 0.5) is 0 Å². The number of unbranched alkanes of at least 4 members (excludes halogenated alkanes) is 22. The normalized spacial score (nSPS) is 11.2. The van der Waals surface area contributed by atoms with E-state index in [0.29, 0.717) is 5.78 Å². The Balaban J connectivity index is 3.14. The molecule has 0 radical (unpaired) electrons. The van der Waals surface area contributed by atoms with Crippen LogP contribution in [-0.4, -0.2) is 16.9 Å². The molecule has 0 aromatic heterocycles. The summed E-state index contributed by atoms with van der Waals surface area (Å²) in [6.45, 7) is 2.29. The van der Waals surface area contributed by atoms with E-state index in [4.69, 9.17) is 5.11 Å². The minimum absolute atomic E-state index is 0.290. The summed E-state index contributed by atoms with van der Waals surface area (Å²) in [5, 5.41) is 8.60. The standard InChI is InChI=1S/C30H58O3/c1-2-3-4-5-6-7-8-9-10-11-12-13-14-15-16-17-20-23-26-29(31)27-24-21-18-19-22-25-28-30(32)33/h2-28H2,1H3,(H,32,33). The maximum absolute atomic E-state index is 12.0. The molecule has 0 fully saturated rings. The zero-order valence-corrected chi connectivity index (χ0v) is 22.4. The third-order valence-electron chi connectivity index (χ3n) is 6.91. The quantitative estimate of drug-likeness (QED) is 0.117. The van der Waals surface area contributed by atoms with E-state index in [-0.39, 0.29) is 6.42 Å². The SMILES string of the molecule is CCCCCCCCCCCCCCCCCCCCC(=O)CCCCCCCCC(=O)O. The number of carbonyl (C=O) groups is 2. The summed E-state index contributed by atoms with van der Waals surface area (Å²) in [5.74, 6) is -0.252. The van der Waals surface area contributed by atoms with Crippen LogP contribution in [0.3, 0.4) is 0 Å². The van der Waals surface area contributed by atoms with Crippen LogP contribution in [0.15, 0.2) is 0 Å². The summed E-state index contributed by atoms with van der Waals surface area (Å²) in [5.41, 5.74) is 0. The Hall–Kier alpha value is -0.860. The van der Waals surface area contributed by atoms with E-state index < -0.39 is 5.97 Å². The highest BCUT2D eigenvalue weighted by molar-refractivity contribution is 5.78. The molecular weight excluding hydrogens is 408 g/mol. The van der Waals surface area contributed by atoms with E-state index >= 15 is 0 Å². The Morgan fingerprint density at radius 3 is 0.909 bits per heavy atom. The number of carboxylic acid groups (broad SMARTS) is 1. The second kappa shape index (κ2) is 27.4. The number of rotatable bonds is 28. The number of carbonyl (C=O) groups excluding carboxylic acids is 1. The summed E-state index contributed by atoms with van der Waals surface area (Å²) >= 11 is 0. The fourth-order valence-electron chi connectivity index (χ4n) is 4.65. The highest BCUT2D eigenvalue weighted by Crippen LogP contribution is 2.15. The van der Waals surface area contributed by atoms with Crippen molar-refractivity contribution in [2.45, 2.75) is 180 Å². The molecule has 0 atom stereocenters. The fourth-order valence-corrected chi connectivity index (χ4v) is 4.65. The van der Waals surface area contributed by atoms with Gasteiger partial charge in [0.1, 0.15) is 5.78 Å². The lowest BCUT2D eigenvalue weighted by molar-refractivity contribution is -0.137. The minimum atomic E-state index is -0.694. The van der Waals surface area contributed by atoms with Gasteiger partial charge in [0.2, 0.25) is 0 Å². The van der Waals surface area contributed by atoms with Gasteiger partial charge in [0.05, 0.1) is 0 Å². The van der Waals surface area contributed by atoms with E-state index in [0.717, 1.165) is 57.8 Å². The Morgan fingerprint density at radius 1 is 0.394 bits per heavy atom. The lowest BCUT2D eigenvalue weighted by atomic mass is 10.0. The van der Waals surface area contributed by atoms with E-state index in [9.17, 15) is 9.59 Å². The molecular formula is C30H58O3. The van der Waals surface area contributed by atoms with Gasteiger partial charge in [-0.25, -0.2) is 0 Å². The molecule has 0 aliphatic carbocycles. The molecule has 3 nitrogen and oxygen atoms in total. The van der Waals surface area contributed by atoms with E-state index in [1.807, 2.05) is 0 Å². The third-order valence-corrected chi connectivity index (χ3v) is 6.91. The van der Waals surface area contributed by atoms with Crippen LogP contribution in [0.25, 0.3) is 0 Å². The van der Waals surface area contributed by atoms with Crippen LogP contribution in [-0.2, 0) is 9.59 Å². The first-order valence-corrected chi connectivity index (χ1v) is 14.9. The minimum Gasteiger partial charge on any atom is -0.481 e. The number of Topliss-reactive ketones (excluding diaryl/α,β-unsaturated/α-hetero) is 1. The molecule has 0 aromatic carbocycles.